The Hall–Kier alpha value is -0.200. The van der Waals surface area contributed by atoms with Crippen molar-refractivity contribution in [3.05, 3.63) is 0 Å². The number of methoxy groups -OCH3 is 2. The average molecular weight is 260 g/mol. The van der Waals surface area contributed by atoms with E-state index in [2.05, 4.69) is 10.2 Å². The Morgan fingerprint density at radius 2 is 1.89 bits per heavy atom. The third-order valence-electron chi connectivity index (χ3n) is 3.22. The summed E-state index contributed by atoms with van der Waals surface area (Å²) in [6, 6.07) is 0. The summed E-state index contributed by atoms with van der Waals surface area (Å²) in [5.41, 5.74) is 0. The van der Waals surface area contributed by atoms with Gasteiger partial charge in [0.05, 0.1) is 19.3 Å². The molecule has 1 N–H and O–H groups in total. The first-order valence-corrected chi connectivity index (χ1v) is 6.89. The molecule has 0 aromatic rings. The van der Waals surface area contributed by atoms with Crippen LogP contribution in [0.5, 0.6) is 0 Å². The Morgan fingerprint density at radius 1 is 1.17 bits per heavy atom. The van der Waals surface area contributed by atoms with Gasteiger partial charge in [0.25, 0.3) is 0 Å². The molecule has 0 radical (unpaired) electrons. The second kappa shape index (κ2) is 10.7. The molecular formula is C13H28N2O3. The molecule has 1 heterocycles. The first-order chi connectivity index (χ1) is 8.86. The highest BCUT2D eigenvalue weighted by molar-refractivity contribution is 4.68. The molecule has 0 bridgehead atoms. The second-order valence-corrected chi connectivity index (χ2v) is 4.67. The number of hydrogen-bond acceptors (Lipinski definition) is 5. The first-order valence-electron chi connectivity index (χ1n) is 6.89. The molecule has 0 amide bonds. The van der Waals surface area contributed by atoms with Crippen LogP contribution in [0.15, 0.2) is 0 Å². The van der Waals surface area contributed by atoms with E-state index in [9.17, 15) is 0 Å². The molecule has 1 aliphatic heterocycles. The summed E-state index contributed by atoms with van der Waals surface area (Å²) in [6.07, 6.45) is 2.83. The summed E-state index contributed by atoms with van der Waals surface area (Å²) < 4.78 is 15.8. The number of hydrogen-bond donors (Lipinski definition) is 1. The van der Waals surface area contributed by atoms with Crippen LogP contribution in [0.3, 0.4) is 0 Å². The zero-order chi connectivity index (χ0) is 13.1. The fraction of sp³-hybridized carbons (Fsp3) is 1.00. The lowest BCUT2D eigenvalue weighted by molar-refractivity contribution is 0.103. The Morgan fingerprint density at radius 3 is 2.44 bits per heavy atom. The van der Waals surface area contributed by atoms with Gasteiger partial charge in [-0.05, 0) is 12.8 Å². The van der Waals surface area contributed by atoms with E-state index >= 15 is 0 Å². The Balaban J connectivity index is 2.03. The van der Waals surface area contributed by atoms with Crippen molar-refractivity contribution in [3.63, 3.8) is 0 Å². The zero-order valence-corrected chi connectivity index (χ0v) is 11.8. The zero-order valence-electron chi connectivity index (χ0n) is 11.8. The lowest BCUT2D eigenvalue weighted by Gasteiger charge is -2.22. The molecule has 1 unspecified atom stereocenters. The third kappa shape index (κ3) is 7.28. The molecule has 1 fully saturated rings. The molecule has 1 atom stereocenters. The Kier molecular flexibility index (Phi) is 9.42. The summed E-state index contributed by atoms with van der Waals surface area (Å²) >= 11 is 0. The largest absolute Gasteiger partial charge is 0.383 e. The van der Waals surface area contributed by atoms with Crippen molar-refractivity contribution < 1.29 is 14.2 Å². The van der Waals surface area contributed by atoms with Crippen LogP contribution in [0.2, 0.25) is 0 Å². The maximum atomic E-state index is 5.57. The lowest BCUT2D eigenvalue weighted by atomic mass is 10.2. The van der Waals surface area contributed by atoms with Gasteiger partial charge in [-0.25, -0.2) is 0 Å². The molecule has 0 saturated carbocycles. The predicted molar refractivity (Wildman–Crippen MR) is 72.0 cm³/mol. The number of rotatable bonds is 11. The fourth-order valence-electron chi connectivity index (χ4n) is 2.08. The van der Waals surface area contributed by atoms with Crippen LogP contribution < -0.4 is 5.32 Å². The minimum Gasteiger partial charge on any atom is -0.383 e. The molecule has 0 spiro atoms. The highest BCUT2D eigenvalue weighted by Crippen LogP contribution is 2.10. The van der Waals surface area contributed by atoms with E-state index < -0.39 is 0 Å². The van der Waals surface area contributed by atoms with Crippen LogP contribution >= 0.6 is 0 Å². The molecule has 1 rings (SSSR count). The van der Waals surface area contributed by atoms with E-state index in [4.69, 9.17) is 14.2 Å². The van der Waals surface area contributed by atoms with Crippen LogP contribution in [0.4, 0.5) is 0 Å². The van der Waals surface area contributed by atoms with Crippen molar-refractivity contribution in [2.45, 2.75) is 18.9 Å². The van der Waals surface area contributed by atoms with Gasteiger partial charge >= 0.3 is 0 Å². The number of nitrogens with one attached hydrogen (secondary N) is 1. The van der Waals surface area contributed by atoms with Crippen LogP contribution in [-0.4, -0.2) is 77.8 Å². The van der Waals surface area contributed by atoms with Crippen LogP contribution in [0.25, 0.3) is 0 Å². The smallest absolute Gasteiger partial charge is 0.0700 e. The predicted octanol–water partition coefficient (Wildman–Crippen LogP) is 0.350. The van der Waals surface area contributed by atoms with Gasteiger partial charge in [0, 0.05) is 53.6 Å². The molecule has 0 aliphatic carbocycles. The van der Waals surface area contributed by atoms with E-state index in [0.29, 0.717) is 6.10 Å². The van der Waals surface area contributed by atoms with Crippen molar-refractivity contribution in [1.82, 2.24) is 10.2 Å². The first kappa shape index (κ1) is 15.9. The van der Waals surface area contributed by atoms with Crippen molar-refractivity contribution in [1.29, 1.82) is 0 Å². The van der Waals surface area contributed by atoms with E-state index in [1.807, 2.05) is 0 Å². The summed E-state index contributed by atoms with van der Waals surface area (Å²) in [5.74, 6) is 0. The summed E-state index contributed by atoms with van der Waals surface area (Å²) in [5, 5.41) is 3.46. The van der Waals surface area contributed by atoms with E-state index in [0.717, 1.165) is 52.5 Å². The van der Waals surface area contributed by atoms with Gasteiger partial charge in [0.2, 0.25) is 0 Å². The highest BCUT2D eigenvalue weighted by Gasteiger charge is 2.14. The van der Waals surface area contributed by atoms with E-state index in [-0.39, 0.29) is 0 Å². The minimum atomic E-state index is 0.427. The Bertz CT molecular complexity index is 179. The van der Waals surface area contributed by atoms with Gasteiger partial charge < -0.3 is 19.5 Å². The quantitative estimate of drug-likeness (QED) is 0.543. The third-order valence-corrected chi connectivity index (χ3v) is 3.22. The SMILES string of the molecule is COCCN(CCNCC1CCCO1)CCOC. The van der Waals surface area contributed by atoms with Gasteiger partial charge in [-0.15, -0.1) is 0 Å². The van der Waals surface area contributed by atoms with Crippen LogP contribution in [0.1, 0.15) is 12.8 Å². The maximum Gasteiger partial charge on any atom is 0.0700 e. The van der Waals surface area contributed by atoms with Gasteiger partial charge in [0.15, 0.2) is 0 Å². The van der Waals surface area contributed by atoms with Crippen LogP contribution in [0, 0.1) is 0 Å². The topological polar surface area (TPSA) is 43.0 Å². The van der Waals surface area contributed by atoms with Crippen LogP contribution in [-0.2, 0) is 14.2 Å². The summed E-state index contributed by atoms with van der Waals surface area (Å²) in [7, 11) is 3.48. The number of nitrogens with zero attached hydrogens (tertiary/aromatic N) is 1. The van der Waals surface area contributed by atoms with E-state index in [1.54, 1.807) is 14.2 Å². The van der Waals surface area contributed by atoms with Crippen molar-refractivity contribution >= 4 is 0 Å². The van der Waals surface area contributed by atoms with Crippen molar-refractivity contribution in [3.8, 4) is 0 Å². The van der Waals surface area contributed by atoms with Gasteiger partial charge in [-0.1, -0.05) is 0 Å². The molecular weight excluding hydrogens is 232 g/mol. The molecule has 0 aromatic carbocycles. The van der Waals surface area contributed by atoms with E-state index in [1.165, 1.54) is 12.8 Å². The monoisotopic (exact) mass is 260 g/mol. The van der Waals surface area contributed by atoms with Gasteiger partial charge in [-0.3, -0.25) is 4.90 Å². The summed E-state index contributed by atoms with van der Waals surface area (Å²) in [6.45, 7) is 7.39. The lowest BCUT2D eigenvalue weighted by Crippen LogP contribution is -2.38. The van der Waals surface area contributed by atoms with Crippen molar-refractivity contribution in [2.24, 2.45) is 0 Å². The normalized spacial score (nSPS) is 19.8. The summed E-state index contributed by atoms with van der Waals surface area (Å²) in [4.78, 5) is 2.36. The molecule has 5 nitrogen and oxygen atoms in total. The molecule has 18 heavy (non-hydrogen) atoms. The second-order valence-electron chi connectivity index (χ2n) is 4.67. The minimum absolute atomic E-state index is 0.427. The number of ether oxygens (including phenoxy) is 3. The molecule has 5 heteroatoms. The standard InChI is InChI=1S/C13H28N2O3/c1-16-10-7-15(8-11-17-2)6-5-14-12-13-4-3-9-18-13/h13-14H,3-12H2,1-2H3. The molecule has 1 aliphatic rings. The van der Waals surface area contributed by atoms with Gasteiger partial charge in [-0.2, -0.15) is 0 Å². The average Bonchev–Trinajstić information content (AvgIpc) is 2.90. The molecule has 108 valence electrons. The fourth-order valence-corrected chi connectivity index (χ4v) is 2.08. The maximum absolute atomic E-state index is 5.57. The van der Waals surface area contributed by atoms with Crippen molar-refractivity contribution in [2.75, 3.05) is 66.8 Å². The molecule has 1 saturated heterocycles. The molecule has 0 aromatic heterocycles. The highest BCUT2D eigenvalue weighted by atomic mass is 16.5. The van der Waals surface area contributed by atoms with Gasteiger partial charge in [0.1, 0.15) is 0 Å². The Labute approximate surface area is 111 Å².